The third-order valence-electron chi connectivity index (χ3n) is 10.4. The minimum atomic E-state index is -0.877. The van der Waals surface area contributed by atoms with Crippen LogP contribution in [-0.2, 0) is 28.6 Å². The standard InChI is InChI=1S/C65H96O6/c1-4-7-10-13-16-19-22-25-28-30-32-34-37-40-43-46-49-52-55-58-64(67)70-61-62(60-69-63(66)57-54-51-48-45-42-39-36-27-24-21-18-15-12-9-6-3)71-65(68)59-56-53-50-47-44-41-38-35-33-31-29-26-23-20-17-14-11-8-5-2/h8-9,11-12,16-21,25-29,32-36,40-45,49-50,52-53,62H,4-7,10,13-15,22-24,30-31,37-39,46-48,51,54-61H2,1-3H3/b11-8-,12-9-,19-16-,20-17-,21-18-,28-25-,29-26-,34-32-,35-33-,36-27-,43-40-,44-41-,45-42-,52-49-,53-50-/t62-/m1/s1. The highest BCUT2D eigenvalue weighted by Gasteiger charge is 2.19. The zero-order valence-corrected chi connectivity index (χ0v) is 44.6. The number of rotatable bonds is 46. The third-order valence-corrected chi connectivity index (χ3v) is 10.4. The molecule has 0 amide bonds. The summed E-state index contributed by atoms with van der Waals surface area (Å²) in [7, 11) is 0. The summed E-state index contributed by atoms with van der Waals surface area (Å²) < 4.78 is 16.6. The van der Waals surface area contributed by atoms with Gasteiger partial charge in [0, 0.05) is 19.3 Å². The molecule has 0 aliphatic rings. The number of carbonyl (C=O) groups excluding carboxylic acids is 3. The zero-order valence-electron chi connectivity index (χ0n) is 44.6. The molecule has 0 aliphatic heterocycles. The summed E-state index contributed by atoms with van der Waals surface area (Å²) in [6, 6.07) is 0. The van der Waals surface area contributed by atoms with Crippen LogP contribution in [0.5, 0.6) is 0 Å². The number of hydrogen-bond donors (Lipinski definition) is 0. The molecule has 0 saturated heterocycles. The largest absolute Gasteiger partial charge is 0.462 e. The Kier molecular flexibility index (Phi) is 52.7. The zero-order chi connectivity index (χ0) is 51.4. The molecule has 0 saturated carbocycles. The van der Waals surface area contributed by atoms with E-state index in [4.69, 9.17) is 14.2 Å². The van der Waals surface area contributed by atoms with Crippen LogP contribution >= 0.6 is 0 Å². The van der Waals surface area contributed by atoms with E-state index in [0.29, 0.717) is 19.3 Å². The molecule has 0 radical (unpaired) electrons. The van der Waals surface area contributed by atoms with Gasteiger partial charge in [-0.05, 0) is 135 Å². The van der Waals surface area contributed by atoms with Gasteiger partial charge in [-0.3, -0.25) is 14.4 Å². The van der Waals surface area contributed by atoms with Crippen molar-refractivity contribution in [3.63, 3.8) is 0 Å². The highest BCUT2D eigenvalue weighted by molar-refractivity contribution is 5.71. The number of carbonyl (C=O) groups is 3. The van der Waals surface area contributed by atoms with Crippen LogP contribution < -0.4 is 0 Å². The maximum absolute atomic E-state index is 12.8. The van der Waals surface area contributed by atoms with Gasteiger partial charge in [-0.1, -0.05) is 216 Å². The summed E-state index contributed by atoms with van der Waals surface area (Å²) in [5.74, 6) is -1.19. The first-order chi connectivity index (χ1) is 35.0. The molecule has 0 aromatic carbocycles. The Morgan fingerprint density at radius 3 is 0.887 bits per heavy atom. The summed E-state index contributed by atoms with van der Waals surface area (Å²) in [6.07, 6.45) is 86.2. The molecule has 0 N–H and O–H groups in total. The Morgan fingerprint density at radius 2 is 0.563 bits per heavy atom. The van der Waals surface area contributed by atoms with Crippen LogP contribution in [0, 0.1) is 0 Å². The lowest BCUT2D eigenvalue weighted by atomic mass is 10.2. The lowest BCUT2D eigenvalue weighted by Gasteiger charge is -2.18. The second kappa shape index (κ2) is 57.1. The van der Waals surface area contributed by atoms with Crippen molar-refractivity contribution in [2.75, 3.05) is 13.2 Å². The first-order valence-corrected chi connectivity index (χ1v) is 27.3. The van der Waals surface area contributed by atoms with Gasteiger partial charge in [-0.25, -0.2) is 0 Å². The lowest BCUT2D eigenvalue weighted by molar-refractivity contribution is -0.166. The number of hydrogen-bond acceptors (Lipinski definition) is 6. The van der Waals surface area contributed by atoms with Gasteiger partial charge in [0.05, 0.1) is 0 Å². The monoisotopic (exact) mass is 973 g/mol. The Balaban J connectivity index is 4.72. The van der Waals surface area contributed by atoms with Crippen molar-refractivity contribution in [3.8, 4) is 0 Å². The molecule has 71 heavy (non-hydrogen) atoms. The molecule has 0 fully saturated rings. The minimum absolute atomic E-state index is 0.163. The van der Waals surface area contributed by atoms with E-state index >= 15 is 0 Å². The summed E-state index contributed by atoms with van der Waals surface area (Å²) in [4.78, 5) is 38.0. The highest BCUT2D eigenvalue weighted by Crippen LogP contribution is 2.08. The molecule has 6 nitrogen and oxygen atoms in total. The molecule has 0 aliphatic carbocycles. The third kappa shape index (κ3) is 55.3. The van der Waals surface area contributed by atoms with Crippen LogP contribution in [0.1, 0.15) is 188 Å². The van der Waals surface area contributed by atoms with Gasteiger partial charge in [0.2, 0.25) is 0 Å². The SMILES string of the molecule is CC/C=C\C/C=C\C/C=C\C/C=C\C/C=C\C/C=C\CCC(=O)O[C@@H](COC(=O)CC/C=C\C/C=C\C/C=C\C/C=C\C/C=C\CCCCC)COC(=O)CCCC/C=C\C/C=C\C/C=C\C/C=C\CC. The van der Waals surface area contributed by atoms with Crippen molar-refractivity contribution in [2.45, 2.75) is 194 Å². The maximum atomic E-state index is 12.8. The van der Waals surface area contributed by atoms with Gasteiger partial charge in [0.1, 0.15) is 13.2 Å². The lowest BCUT2D eigenvalue weighted by Crippen LogP contribution is -2.30. The van der Waals surface area contributed by atoms with Gasteiger partial charge in [0.15, 0.2) is 6.10 Å². The molecule has 392 valence electrons. The average molecular weight is 973 g/mol. The molecule has 0 aromatic rings. The Labute approximate surface area is 434 Å². The molecular formula is C65H96O6. The molecule has 0 rings (SSSR count). The normalized spacial score (nSPS) is 13.6. The molecule has 0 heterocycles. The Morgan fingerprint density at radius 1 is 0.296 bits per heavy atom. The van der Waals surface area contributed by atoms with E-state index in [-0.39, 0.29) is 38.4 Å². The van der Waals surface area contributed by atoms with E-state index in [1.165, 1.54) is 25.7 Å². The van der Waals surface area contributed by atoms with Crippen LogP contribution in [0.15, 0.2) is 182 Å². The van der Waals surface area contributed by atoms with Gasteiger partial charge >= 0.3 is 17.9 Å². The summed E-state index contributed by atoms with van der Waals surface area (Å²) in [5, 5.41) is 0. The first-order valence-electron chi connectivity index (χ1n) is 27.3. The van der Waals surface area contributed by atoms with E-state index in [2.05, 4.69) is 179 Å². The average Bonchev–Trinajstić information content (AvgIpc) is 3.37. The van der Waals surface area contributed by atoms with E-state index < -0.39 is 18.0 Å². The summed E-state index contributed by atoms with van der Waals surface area (Å²) >= 11 is 0. The highest BCUT2D eigenvalue weighted by atomic mass is 16.6. The van der Waals surface area contributed by atoms with E-state index in [1.807, 2.05) is 24.3 Å². The quantitative estimate of drug-likeness (QED) is 0.0262. The topological polar surface area (TPSA) is 78.9 Å². The van der Waals surface area contributed by atoms with E-state index in [1.54, 1.807) is 0 Å². The van der Waals surface area contributed by atoms with Gasteiger partial charge in [-0.15, -0.1) is 0 Å². The van der Waals surface area contributed by atoms with Crippen molar-refractivity contribution in [3.05, 3.63) is 182 Å². The number of allylic oxidation sites excluding steroid dienone is 30. The van der Waals surface area contributed by atoms with Crippen LogP contribution in [0.4, 0.5) is 0 Å². The molecule has 1 atom stereocenters. The molecule has 0 unspecified atom stereocenters. The Bertz CT molecular complexity index is 1730. The fraction of sp³-hybridized carbons (Fsp3) is 0.492. The van der Waals surface area contributed by atoms with Crippen LogP contribution in [-0.4, -0.2) is 37.2 Å². The fourth-order valence-corrected chi connectivity index (χ4v) is 6.38. The molecule has 0 spiro atoms. The van der Waals surface area contributed by atoms with Crippen molar-refractivity contribution >= 4 is 17.9 Å². The second-order valence-electron chi connectivity index (χ2n) is 17.0. The minimum Gasteiger partial charge on any atom is -0.462 e. The second-order valence-corrected chi connectivity index (χ2v) is 17.0. The molecular weight excluding hydrogens is 877 g/mol. The summed E-state index contributed by atoms with van der Waals surface area (Å²) in [5.41, 5.74) is 0. The van der Waals surface area contributed by atoms with Crippen molar-refractivity contribution in [1.82, 2.24) is 0 Å². The van der Waals surface area contributed by atoms with E-state index in [9.17, 15) is 14.4 Å². The van der Waals surface area contributed by atoms with Crippen molar-refractivity contribution in [1.29, 1.82) is 0 Å². The van der Waals surface area contributed by atoms with Gasteiger partial charge in [-0.2, -0.15) is 0 Å². The number of esters is 3. The van der Waals surface area contributed by atoms with Gasteiger partial charge < -0.3 is 14.2 Å². The number of unbranched alkanes of at least 4 members (excludes halogenated alkanes) is 5. The van der Waals surface area contributed by atoms with Gasteiger partial charge in [0.25, 0.3) is 0 Å². The fourth-order valence-electron chi connectivity index (χ4n) is 6.38. The van der Waals surface area contributed by atoms with E-state index in [0.717, 1.165) is 103 Å². The molecule has 0 aromatic heterocycles. The predicted octanol–water partition coefficient (Wildman–Crippen LogP) is 18.5. The first kappa shape index (κ1) is 65.5. The summed E-state index contributed by atoms with van der Waals surface area (Å²) in [6.45, 7) is 6.18. The van der Waals surface area contributed by atoms with Crippen LogP contribution in [0.3, 0.4) is 0 Å². The predicted molar refractivity (Wildman–Crippen MR) is 306 cm³/mol. The molecule has 0 bridgehead atoms. The molecule has 6 heteroatoms. The van der Waals surface area contributed by atoms with Crippen molar-refractivity contribution < 1.29 is 28.6 Å². The maximum Gasteiger partial charge on any atom is 0.306 e. The van der Waals surface area contributed by atoms with Crippen LogP contribution in [0.2, 0.25) is 0 Å². The number of ether oxygens (including phenoxy) is 3. The smallest absolute Gasteiger partial charge is 0.306 e. The Hall–Kier alpha value is -5.49. The van der Waals surface area contributed by atoms with Crippen LogP contribution in [0.25, 0.3) is 0 Å². The van der Waals surface area contributed by atoms with Crippen molar-refractivity contribution in [2.24, 2.45) is 0 Å².